The first-order valence-electron chi connectivity index (χ1n) is 5.77. The molecule has 1 fully saturated rings. The van der Waals surface area contributed by atoms with Gasteiger partial charge in [-0.15, -0.1) is 0 Å². The molecule has 0 aromatic rings. The Morgan fingerprint density at radius 3 is 2.93 bits per heavy atom. The van der Waals surface area contributed by atoms with Gasteiger partial charge in [0.1, 0.15) is 6.10 Å². The number of hydrogen-bond acceptors (Lipinski definition) is 3. The van der Waals surface area contributed by atoms with Gasteiger partial charge in [-0.25, -0.2) is 0 Å². The molecule has 0 radical (unpaired) electrons. The number of carbonyl (C=O) groups is 1. The minimum atomic E-state index is -0.369. The molecule has 88 valence electrons. The van der Waals surface area contributed by atoms with Crippen LogP contribution in [0.5, 0.6) is 0 Å². The molecule has 1 aliphatic heterocycles. The van der Waals surface area contributed by atoms with Gasteiger partial charge >= 0.3 is 0 Å². The molecular formula is C11H22N2O2. The Kier molecular flexibility index (Phi) is 4.54. The van der Waals surface area contributed by atoms with Crippen molar-refractivity contribution in [3.63, 3.8) is 0 Å². The van der Waals surface area contributed by atoms with Gasteiger partial charge in [0, 0.05) is 13.1 Å². The first-order chi connectivity index (χ1) is 7.11. The first kappa shape index (κ1) is 12.5. The normalized spacial score (nSPS) is 26.6. The van der Waals surface area contributed by atoms with E-state index in [0.29, 0.717) is 6.54 Å². The van der Waals surface area contributed by atoms with E-state index < -0.39 is 0 Å². The number of nitrogens with one attached hydrogen (secondary N) is 1. The molecule has 0 spiro atoms. The predicted octanol–water partition coefficient (Wildman–Crippen LogP) is 0.799. The van der Waals surface area contributed by atoms with Crippen LogP contribution in [0, 0.1) is 0 Å². The summed E-state index contributed by atoms with van der Waals surface area (Å²) in [7, 11) is 0. The Morgan fingerprint density at radius 2 is 2.33 bits per heavy atom. The first-order valence-corrected chi connectivity index (χ1v) is 5.77. The van der Waals surface area contributed by atoms with Crippen LogP contribution >= 0.6 is 0 Å². The summed E-state index contributed by atoms with van der Waals surface area (Å²) in [6.45, 7) is 5.21. The summed E-state index contributed by atoms with van der Waals surface area (Å²) in [5, 5.41) is 2.86. The summed E-state index contributed by atoms with van der Waals surface area (Å²) in [5.41, 5.74) is 5.29. The molecule has 1 heterocycles. The van der Waals surface area contributed by atoms with Crippen molar-refractivity contribution in [2.75, 3.05) is 13.1 Å². The maximum Gasteiger partial charge on any atom is 0.249 e. The third kappa shape index (κ3) is 3.47. The molecule has 0 saturated carbocycles. The van der Waals surface area contributed by atoms with Gasteiger partial charge in [-0.1, -0.05) is 6.92 Å². The van der Waals surface area contributed by atoms with Gasteiger partial charge in [0.25, 0.3) is 0 Å². The molecule has 0 aromatic carbocycles. The second-order valence-electron chi connectivity index (χ2n) is 4.40. The van der Waals surface area contributed by atoms with E-state index in [0.717, 1.165) is 32.2 Å². The van der Waals surface area contributed by atoms with E-state index in [-0.39, 0.29) is 17.6 Å². The maximum atomic E-state index is 11.6. The molecule has 1 amide bonds. The van der Waals surface area contributed by atoms with Crippen molar-refractivity contribution in [2.24, 2.45) is 5.73 Å². The van der Waals surface area contributed by atoms with Crippen LogP contribution in [0.15, 0.2) is 0 Å². The lowest BCUT2D eigenvalue weighted by Crippen LogP contribution is -2.45. The van der Waals surface area contributed by atoms with Crippen LogP contribution in [0.3, 0.4) is 0 Å². The number of hydrogen-bond donors (Lipinski definition) is 2. The Hall–Kier alpha value is -0.610. The van der Waals surface area contributed by atoms with Gasteiger partial charge in [-0.2, -0.15) is 0 Å². The van der Waals surface area contributed by atoms with E-state index >= 15 is 0 Å². The lowest BCUT2D eigenvalue weighted by molar-refractivity contribution is -0.145. The smallest absolute Gasteiger partial charge is 0.249 e. The van der Waals surface area contributed by atoms with Crippen LogP contribution in [0.25, 0.3) is 0 Å². The van der Waals surface area contributed by atoms with Crippen LogP contribution in [-0.4, -0.2) is 30.7 Å². The molecule has 0 aliphatic carbocycles. The van der Waals surface area contributed by atoms with Crippen molar-refractivity contribution in [1.29, 1.82) is 0 Å². The van der Waals surface area contributed by atoms with E-state index in [9.17, 15) is 4.79 Å². The highest BCUT2D eigenvalue weighted by atomic mass is 16.5. The highest BCUT2D eigenvalue weighted by Crippen LogP contribution is 2.20. The Morgan fingerprint density at radius 1 is 1.60 bits per heavy atom. The second kappa shape index (κ2) is 5.47. The van der Waals surface area contributed by atoms with Crippen molar-refractivity contribution in [2.45, 2.75) is 51.2 Å². The number of rotatable bonds is 4. The lowest BCUT2D eigenvalue weighted by atomic mass is 10.0. The molecule has 2 unspecified atom stereocenters. The monoisotopic (exact) mass is 214 g/mol. The number of nitrogens with two attached hydrogens (primary N) is 1. The second-order valence-corrected chi connectivity index (χ2v) is 4.40. The van der Waals surface area contributed by atoms with Crippen molar-refractivity contribution in [3.05, 3.63) is 0 Å². The molecule has 1 rings (SSSR count). The van der Waals surface area contributed by atoms with Gasteiger partial charge < -0.3 is 15.8 Å². The van der Waals surface area contributed by atoms with Gasteiger partial charge in [0.2, 0.25) is 5.91 Å². The van der Waals surface area contributed by atoms with E-state index in [4.69, 9.17) is 10.5 Å². The summed E-state index contributed by atoms with van der Waals surface area (Å²) in [5.74, 6) is 0.0145. The van der Waals surface area contributed by atoms with E-state index in [1.54, 1.807) is 0 Å². The van der Waals surface area contributed by atoms with Crippen LogP contribution in [0.4, 0.5) is 0 Å². The largest absolute Gasteiger partial charge is 0.361 e. The third-order valence-corrected chi connectivity index (χ3v) is 3.09. The molecule has 0 bridgehead atoms. The van der Waals surface area contributed by atoms with Crippen molar-refractivity contribution in [1.82, 2.24) is 5.32 Å². The fourth-order valence-corrected chi connectivity index (χ4v) is 1.64. The van der Waals surface area contributed by atoms with Gasteiger partial charge in [0.15, 0.2) is 0 Å². The van der Waals surface area contributed by atoms with Crippen LogP contribution in [0.2, 0.25) is 0 Å². The minimum Gasteiger partial charge on any atom is -0.361 e. The number of carbonyl (C=O) groups excluding carboxylic acids is 1. The summed E-state index contributed by atoms with van der Waals surface area (Å²) in [6, 6.07) is 0. The lowest BCUT2D eigenvalue weighted by Gasteiger charge is -2.31. The Balaban J connectivity index is 2.57. The van der Waals surface area contributed by atoms with Crippen molar-refractivity contribution >= 4 is 5.91 Å². The molecule has 4 nitrogen and oxygen atoms in total. The molecule has 3 N–H and O–H groups in total. The summed E-state index contributed by atoms with van der Waals surface area (Å²) in [6.07, 6.45) is 3.39. The van der Waals surface area contributed by atoms with E-state index in [1.165, 1.54) is 0 Å². The number of amides is 1. The standard InChI is InChI=1S/C11H22N2O2/c1-3-11(2,8-12)15-9-6-4-5-7-13-10(9)14/h9H,3-8,12H2,1-2H3,(H,13,14). The van der Waals surface area contributed by atoms with Crippen LogP contribution < -0.4 is 11.1 Å². The average molecular weight is 214 g/mol. The Labute approximate surface area is 91.5 Å². The molecule has 1 aliphatic rings. The van der Waals surface area contributed by atoms with Crippen LogP contribution in [-0.2, 0) is 9.53 Å². The molecule has 15 heavy (non-hydrogen) atoms. The zero-order chi connectivity index (χ0) is 11.3. The zero-order valence-electron chi connectivity index (χ0n) is 9.71. The number of ether oxygens (including phenoxy) is 1. The summed E-state index contributed by atoms with van der Waals surface area (Å²) in [4.78, 5) is 11.6. The van der Waals surface area contributed by atoms with Gasteiger partial charge in [-0.3, -0.25) is 4.79 Å². The fraction of sp³-hybridized carbons (Fsp3) is 0.909. The van der Waals surface area contributed by atoms with Gasteiger partial charge in [0.05, 0.1) is 5.60 Å². The molecule has 0 aromatic heterocycles. The van der Waals surface area contributed by atoms with Gasteiger partial charge in [-0.05, 0) is 32.6 Å². The predicted molar refractivity (Wildman–Crippen MR) is 59.5 cm³/mol. The highest BCUT2D eigenvalue weighted by Gasteiger charge is 2.30. The van der Waals surface area contributed by atoms with E-state index in [1.807, 2.05) is 13.8 Å². The molecule has 1 saturated heterocycles. The van der Waals surface area contributed by atoms with Crippen molar-refractivity contribution in [3.8, 4) is 0 Å². The highest BCUT2D eigenvalue weighted by molar-refractivity contribution is 5.80. The zero-order valence-corrected chi connectivity index (χ0v) is 9.71. The quantitative estimate of drug-likeness (QED) is 0.727. The average Bonchev–Trinajstić information content (AvgIpc) is 2.44. The minimum absolute atomic E-state index is 0.0145. The SMILES string of the molecule is CCC(C)(CN)OC1CCCCNC1=O. The summed E-state index contributed by atoms with van der Waals surface area (Å²) >= 11 is 0. The topological polar surface area (TPSA) is 64.3 Å². The van der Waals surface area contributed by atoms with E-state index in [2.05, 4.69) is 5.32 Å². The van der Waals surface area contributed by atoms with Crippen molar-refractivity contribution < 1.29 is 9.53 Å². The van der Waals surface area contributed by atoms with Crippen LogP contribution in [0.1, 0.15) is 39.5 Å². The summed E-state index contributed by atoms with van der Waals surface area (Å²) < 4.78 is 5.83. The molecular weight excluding hydrogens is 192 g/mol. The molecule has 4 heteroatoms. The maximum absolute atomic E-state index is 11.6. The molecule has 2 atom stereocenters. The Bertz CT molecular complexity index is 215. The third-order valence-electron chi connectivity index (χ3n) is 3.09. The fourth-order valence-electron chi connectivity index (χ4n) is 1.64.